The fourth-order valence-corrected chi connectivity index (χ4v) is 2.85. The number of benzene rings is 1. The number of hydrogen-bond acceptors (Lipinski definition) is 4. The zero-order valence-corrected chi connectivity index (χ0v) is 14.5. The van der Waals surface area contributed by atoms with Gasteiger partial charge in [0.1, 0.15) is 5.75 Å². The topological polar surface area (TPSA) is 64.4 Å². The van der Waals surface area contributed by atoms with Gasteiger partial charge in [0.05, 0.1) is 5.69 Å². The minimum absolute atomic E-state index is 0.0513. The van der Waals surface area contributed by atoms with E-state index in [-0.39, 0.29) is 17.9 Å². The summed E-state index contributed by atoms with van der Waals surface area (Å²) in [5, 5.41) is 6.79. The molecule has 0 fully saturated rings. The summed E-state index contributed by atoms with van der Waals surface area (Å²) < 4.78 is 10.8. The molecule has 1 aliphatic rings. The summed E-state index contributed by atoms with van der Waals surface area (Å²) in [6.07, 6.45) is 4.06. The molecule has 0 aliphatic heterocycles. The lowest BCUT2D eigenvalue weighted by Crippen LogP contribution is -2.21. The number of ether oxygens (including phenoxy) is 1. The predicted molar refractivity (Wildman–Crippen MR) is 92.4 cm³/mol. The molecule has 1 aromatic heterocycles. The van der Waals surface area contributed by atoms with Crippen molar-refractivity contribution in [3.8, 4) is 5.75 Å². The number of carbonyl (C=O) groups excluding carboxylic acids is 1. The first-order valence-electron chi connectivity index (χ1n) is 8.44. The number of fused-ring (bicyclic) bond motifs is 1. The largest absolute Gasteiger partial charge is 0.484 e. The molecular formula is C19H24N2O3. The van der Waals surface area contributed by atoms with Gasteiger partial charge in [0, 0.05) is 5.56 Å². The van der Waals surface area contributed by atoms with Gasteiger partial charge in [-0.05, 0) is 48.8 Å². The number of nitrogens with zero attached hydrogens (tertiary/aromatic N) is 1. The van der Waals surface area contributed by atoms with E-state index in [1.807, 2.05) is 24.3 Å². The molecule has 0 saturated carbocycles. The molecule has 5 nitrogen and oxygen atoms in total. The number of aryl methyl sites for hydroxylation is 1. The Bertz CT molecular complexity index is 711. The van der Waals surface area contributed by atoms with Gasteiger partial charge in [-0.2, -0.15) is 0 Å². The first-order chi connectivity index (χ1) is 11.4. The number of carbonyl (C=O) groups is 1. The molecule has 2 aromatic rings. The standard InChI is InChI=1S/C19H24N2O3/c1-19(2,3)13-8-10-14(11-9-13)23-12-17(22)20-18-15-6-4-5-7-16(15)21-24-18/h8-11H,4-7,12H2,1-3H3,(H,20,22). The van der Waals surface area contributed by atoms with Gasteiger partial charge >= 0.3 is 0 Å². The third-order valence-corrected chi connectivity index (χ3v) is 4.30. The van der Waals surface area contributed by atoms with Gasteiger partial charge in [-0.3, -0.25) is 10.1 Å². The second kappa shape index (κ2) is 6.67. The molecule has 5 heteroatoms. The average Bonchev–Trinajstić information content (AvgIpc) is 2.96. The Labute approximate surface area is 142 Å². The van der Waals surface area contributed by atoms with Crippen molar-refractivity contribution in [2.24, 2.45) is 0 Å². The van der Waals surface area contributed by atoms with Crippen LogP contribution in [-0.4, -0.2) is 17.7 Å². The molecule has 1 aliphatic carbocycles. The molecule has 128 valence electrons. The normalized spacial score (nSPS) is 14.1. The van der Waals surface area contributed by atoms with Crippen LogP contribution in [0.4, 0.5) is 5.88 Å². The number of hydrogen-bond donors (Lipinski definition) is 1. The fraction of sp³-hybridized carbons (Fsp3) is 0.474. The predicted octanol–water partition coefficient (Wildman–Crippen LogP) is 3.87. The van der Waals surface area contributed by atoms with E-state index in [4.69, 9.17) is 9.26 Å². The SMILES string of the molecule is CC(C)(C)c1ccc(OCC(=O)Nc2onc3c2CCCC3)cc1. The zero-order chi connectivity index (χ0) is 17.2. The maximum Gasteiger partial charge on any atom is 0.264 e. The lowest BCUT2D eigenvalue weighted by Gasteiger charge is -2.19. The van der Waals surface area contributed by atoms with Gasteiger partial charge in [0.25, 0.3) is 5.91 Å². The maximum atomic E-state index is 12.1. The molecular weight excluding hydrogens is 304 g/mol. The highest BCUT2D eigenvalue weighted by Gasteiger charge is 2.20. The quantitative estimate of drug-likeness (QED) is 0.925. The molecule has 0 unspecified atom stereocenters. The summed E-state index contributed by atoms with van der Waals surface area (Å²) in [6, 6.07) is 7.84. The number of amides is 1. The first kappa shape index (κ1) is 16.6. The smallest absolute Gasteiger partial charge is 0.264 e. The zero-order valence-electron chi connectivity index (χ0n) is 14.5. The van der Waals surface area contributed by atoms with Crippen LogP contribution in [0.3, 0.4) is 0 Å². The van der Waals surface area contributed by atoms with Gasteiger partial charge < -0.3 is 9.26 Å². The molecule has 0 bridgehead atoms. The summed E-state index contributed by atoms with van der Waals surface area (Å²) in [5.74, 6) is 0.915. The van der Waals surface area contributed by atoms with Gasteiger partial charge in [-0.25, -0.2) is 0 Å². The summed E-state index contributed by atoms with van der Waals surface area (Å²) in [6.45, 7) is 6.43. The first-order valence-corrected chi connectivity index (χ1v) is 8.44. The molecule has 3 rings (SSSR count). The third-order valence-electron chi connectivity index (χ3n) is 4.30. The van der Waals surface area contributed by atoms with Crippen LogP contribution in [-0.2, 0) is 23.1 Å². The van der Waals surface area contributed by atoms with Gasteiger partial charge in [-0.15, -0.1) is 0 Å². The Kier molecular flexibility index (Phi) is 4.60. The number of rotatable bonds is 4. The third kappa shape index (κ3) is 3.78. The van der Waals surface area contributed by atoms with Crippen molar-refractivity contribution >= 4 is 11.8 Å². The van der Waals surface area contributed by atoms with Crippen LogP contribution in [0.5, 0.6) is 5.75 Å². The van der Waals surface area contributed by atoms with E-state index in [9.17, 15) is 4.79 Å². The Hall–Kier alpha value is -2.30. The number of aromatic nitrogens is 1. The monoisotopic (exact) mass is 328 g/mol. The Morgan fingerprint density at radius 3 is 2.62 bits per heavy atom. The highest BCUT2D eigenvalue weighted by atomic mass is 16.5. The van der Waals surface area contributed by atoms with Crippen LogP contribution in [0.1, 0.15) is 50.4 Å². The van der Waals surface area contributed by atoms with Gasteiger partial charge in [-0.1, -0.05) is 38.1 Å². The second-order valence-corrected chi connectivity index (χ2v) is 7.26. The Morgan fingerprint density at radius 2 is 1.92 bits per heavy atom. The highest BCUT2D eigenvalue weighted by molar-refractivity contribution is 5.91. The molecule has 24 heavy (non-hydrogen) atoms. The van der Waals surface area contributed by atoms with Crippen LogP contribution in [0.25, 0.3) is 0 Å². The highest BCUT2D eigenvalue weighted by Crippen LogP contribution is 2.27. The van der Waals surface area contributed by atoms with Crippen molar-refractivity contribution in [1.29, 1.82) is 0 Å². The molecule has 1 heterocycles. The van der Waals surface area contributed by atoms with Crippen LogP contribution in [0, 0.1) is 0 Å². The van der Waals surface area contributed by atoms with Crippen LogP contribution < -0.4 is 10.1 Å². The minimum atomic E-state index is -0.237. The van der Waals surface area contributed by atoms with Crippen molar-refractivity contribution in [2.45, 2.75) is 51.9 Å². The van der Waals surface area contributed by atoms with Crippen molar-refractivity contribution in [1.82, 2.24) is 5.16 Å². The lowest BCUT2D eigenvalue weighted by molar-refractivity contribution is -0.118. The molecule has 0 atom stereocenters. The van der Waals surface area contributed by atoms with Crippen molar-refractivity contribution in [2.75, 3.05) is 11.9 Å². The molecule has 0 spiro atoms. The van der Waals surface area contributed by atoms with E-state index >= 15 is 0 Å². The molecule has 1 aromatic carbocycles. The van der Waals surface area contributed by atoms with E-state index in [1.54, 1.807) is 0 Å². The summed E-state index contributed by atoms with van der Waals surface area (Å²) >= 11 is 0. The summed E-state index contributed by atoms with van der Waals surface area (Å²) in [4.78, 5) is 12.1. The maximum absolute atomic E-state index is 12.1. The molecule has 1 N–H and O–H groups in total. The molecule has 1 amide bonds. The van der Waals surface area contributed by atoms with E-state index in [0.717, 1.165) is 36.9 Å². The van der Waals surface area contributed by atoms with Crippen LogP contribution in [0.15, 0.2) is 28.8 Å². The Morgan fingerprint density at radius 1 is 1.21 bits per heavy atom. The summed E-state index contributed by atoms with van der Waals surface area (Å²) in [7, 11) is 0. The minimum Gasteiger partial charge on any atom is -0.484 e. The fourth-order valence-electron chi connectivity index (χ4n) is 2.85. The second-order valence-electron chi connectivity index (χ2n) is 7.26. The van der Waals surface area contributed by atoms with Crippen molar-refractivity contribution in [3.63, 3.8) is 0 Å². The summed E-state index contributed by atoms with van der Waals surface area (Å²) in [5.41, 5.74) is 3.33. The van der Waals surface area contributed by atoms with Crippen LogP contribution in [0.2, 0.25) is 0 Å². The van der Waals surface area contributed by atoms with E-state index < -0.39 is 0 Å². The molecule has 0 saturated heterocycles. The lowest BCUT2D eigenvalue weighted by atomic mass is 9.87. The Balaban J connectivity index is 1.55. The average molecular weight is 328 g/mol. The van der Waals surface area contributed by atoms with Crippen molar-refractivity contribution in [3.05, 3.63) is 41.1 Å². The van der Waals surface area contributed by atoms with E-state index in [0.29, 0.717) is 11.6 Å². The van der Waals surface area contributed by atoms with Gasteiger partial charge in [0.2, 0.25) is 5.88 Å². The number of anilines is 1. The van der Waals surface area contributed by atoms with E-state index in [1.165, 1.54) is 5.56 Å². The van der Waals surface area contributed by atoms with E-state index in [2.05, 4.69) is 31.2 Å². The molecule has 0 radical (unpaired) electrons. The van der Waals surface area contributed by atoms with Gasteiger partial charge in [0.15, 0.2) is 6.61 Å². The van der Waals surface area contributed by atoms with Crippen LogP contribution >= 0.6 is 0 Å². The van der Waals surface area contributed by atoms with Crippen molar-refractivity contribution < 1.29 is 14.1 Å². The number of nitrogens with one attached hydrogen (secondary N) is 1.